The number of likely N-dealkylation sites (N-methyl/N-ethyl adjacent to an activating group) is 1. The summed E-state index contributed by atoms with van der Waals surface area (Å²) in [5, 5.41) is 2.67. The van der Waals surface area contributed by atoms with Crippen LogP contribution in [0.2, 0.25) is 0 Å². The Balaban J connectivity index is 1.77. The zero-order chi connectivity index (χ0) is 16.7. The first-order valence-electron chi connectivity index (χ1n) is 7.33. The van der Waals surface area contributed by atoms with E-state index in [1.54, 1.807) is 11.9 Å². The van der Waals surface area contributed by atoms with Gasteiger partial charge in [0.15, 0.2) is 0 Å². The van der Waals surface area contributed by atoms with E-state index < -0.39 is 0 Å². The zero-order valence-corrected chi connectivity index (χ0v) is 14.5. The van der Waals surface area contributed by atoms with Crippen molar-refractivity contribution >= 4 is 27.7 Å². The molecule has 120 valence electrons. The molecule has 0 aliphatic heterocycles. The summed E-state index contributed by atoms with van der Waals surface area (Å²) in [5.74, 6) is -0.268. The first kappa shape index (κ1) is 17.2. The Morgan fingerprint density at radius 3 is 2.30 bits per heavy atom. The van der Waals surface area contributed by atoms with Crippen LogP contribution >= 0.6 is 15.9 Å². The van der Waals surface area contributed by atoms with Crippen LogP contribution in [-0.4, -0.2) is 30.3 Å². The van der Waals surface area contributed by atoms with E-state index in [9.17, 15) is 9.59 Å². The number of nitrogens with zero attached hydrogens (tertiary/aromatic N) is 1. The van der Waals surface area contributed by atoms with E-state index in [0.717, 1.165) is 15.6 Å². The Kier molecular flexibility index (Phi) is 6.35. The molecule has 1 N–H and O–H groups in total. The Hall–Kier alpha value is -2.14. The van der Waals surface area contributed by atoms with Gasteiger partial charge in [0.05, 0.1) is 13.0 Å². The van der Waals surface area contributed by atoms with Gasteiger partial charge in [-0.2, -0.15) is 0 Å². The highest BCUT2D eigenvalue weighted by Gasteiger charge is 2.11. The number of carbonyl (C=O) groups excluding carboxylic acids is 2. The van der Waals surface area contributed by atoms with Gasteiger partial charge in [-0.3, -0.25) is 9.59 Å². The predicted molar refractivity (Wildman–Crippen MR) is 93.8 cm³/mol. The topological polar surface area (TPSA) is 49.4 Å². The van der Waals surface area contributed by atoms with Crippen LogP contribution in [0.5, 0.6) is 0 Å². The molecule has 2 aromatic rings. The second kappa shape index (κ2) is 8.48. The maximum Gasteiger partial charge on any atom is 0.242 e. The molecular weight excluding hydrogens is 356 g/mol. The maximum atomic E-state index is 12.1. The number of rotatable bonds is 6. The monoisotopic (exact) mass is 374 g/mol. The third-order valence-corrected chi connectivity index (χ3v) is 3.93. The molecule has 0 spiro atoms. The fourth-order valence-electron chi connectivity index (χ4n) is 2.10. The molecular formula is C18H19BrN2O2. The molecule has 0 heterocycles. The van der Waals surface area contributed by atoms with Gasteiger partial charge in [-0.15, -0.1) is 0 Å². The molecule has 0 aromatic heterocycles. The molecule has 23 heavy (non-hydrogen) atoms. The van der Waals surface area contributed by atoms with Crippen molar-refractivity contribution in [2.45, 2.75) is 13.0 Å². The van der Waals surface area contributed by atoms with E-state index in [1.807, 2.05) is 54.6 Å². The Labute approximate surface area is 144 Å². The standard InChI is InChI=1S/C18H19BrN2O2/c1-21(13-15-7-9-16(19)10-8-15)18(23)12-20-17(22)11-14-5-3-2-4-6-14/h2-10H,11-13H2,1H3,(H,20,22). The van der Waals surface area contributed by atoms with Gasteiger partial charge in [0.1, 0.15) is 0 Å². The van der Waals surface area contributed by atoms with Crippen molar-refractivity contribution in [3.63, 3.8) is 0 Å². The minimum Gasteiger partial charge on any atom is -0.347 e. The third-order valence-electron chi connectivity index (χ3n) is 3.40. The van der Waals surface area contributed by atoms with Crippen molar-refractivity contribution in [3.8, 4) is 0 Å². The minimum absolute atomic E-state index is 0.0126. The van der Waals surface area contributed by atoms with Gasteiger partial charge in [0.25, 0.3) is 0 Å². The second-order valence-electron chi connectivity index (χ2n) is 5.32. The fourth-order valence-corrected chi connectivity index (χ4v) is 2.37. The van der Waals surface area contributed by atoms with E-state index in [0.29, 0.717) is 6.54 Å². The lowest BCUT2D eigenvalue weighted by molar-refractivity contribution is -0.132. The Morgan fingerprint density at radius 2 is 1.65 bits per heavy atom. The van der Waals surface area contributed by atoms with Crippen molar-refractivity contribution in [2.24, 2.45) is 0 Å². The molecule has 0 fully saturated rings. The number of hydrogen-bond acceptors (Lipinski definition) is 2. The highest BCUT2D eigenvalue weighted by Crippen LogP contribution is 2.11. The average Bonchev–Trinajstić information content (AvgIpc) is 2.55. The lowest BCUT2D eigenvalue weighted by Crippen LogP contribution is -2.38. The molecule has 2 amide bonds. The molecule has 2 rings (SSSR count). The first-order valence-corrected chi connectivity index (χ1v) is 8.13. The number of benzene rings is 2. The third kappa shape index (κ3) is 5.87. The van der Waals surface area contributed by atoms with Crippen LogP contribution in [0.3, 0.4) is 0 Å². The first-order chi connectivity index (χ1) is 11.0. The molecule has 0 saturated heterocycles. The van der Waals surface area contributed by atoms with Crippen molar-refractivity contribution < 1.29 is 9.59 Å². The Morgan fingerprint density at radius 1 is 1.00 bits per heavy atom. The smallest absolute Gasteiger partial charge is 0.242 e. The van der Waals surface area contributed by atoms with Gasteiger partial charge in [-0.05, 0) is 23.3 Å². The van der Waals surface area contributed by atoms with Crippen LogP contribution in [-0.2, 0) is 22.6 Å². The summed E-state index contributed by atoms with van der Waals surface area (Å²) < 4.78 is 1.00. The molecule has 0 aliphatic carbocycles. The maximum absolute atomic E-state index is 12.1. The van der Waals surface area contributed by atoms with Gasteiger partial charge in [0.2, 0.25) is 11.8 Å². The van der Waals surface area contributed by atoms with Crippen LogP contribution < -0.4 is 5.32 Å². The van der Waals surface area contributed by atoms with Crippen LogP contribution in [0, 0.1) is 0 Å². The number of carbonyl (C=O) groups is 2. The summed E-state index contributed by atoms with van der Waals surface area (Å²) in [5.41, 5.74) is 1.97. The van der Waals surface area contributed by atoms with E-state index in [2.05, 4.69) is 21.2 Å². The lowest BCUT2D eigenvalue weighted by Gasteiger charge is -2.17. The normalized spacial score (nSPS) is 10.2. The lowest BCUT2D eigenvalue weighted by atomic mass is 10.1. The van der Waals surface area contributed by atoms with Crippen LogP contribution in [0.1, 0.15) is 11.1 Å². The molecule has 0 aliphatic rings. The number of halogens is 1. The number of hydrogen-bond donors (Lipinski definition) is 1. The van der Waals surface area contributed by atoms with Gasteiger partial charge in [0, 0.05) is 18.1 Å². The zero-order valence-electron chi connectivity index (χ0n) is 13.0. The van der Waals surface area contributed by atoms with Crippen LogP contribution in [0.4, 0.5) is 0 Å². The van der Waals surface area contributed by atoms with Gasteiger partial charge >= 0.3 is 0 Å². The average molecular weight is 375 g/mol. The molecule has 4 nitrogen and oxygen atoms in total. The highest BCUT2D eigenvalue weighted by molar-refractivity contribution is 9.10. The predicted octanol–water partition coefficient (Wildman–Crippen LogP) is 2.77. The number of nitrogens with one attached hydrogen (secondary N) is 1. The number of amides is 2. The molecule has 0 saturated carbocycles. The molecule has 0 atom stereocenters. The molecule has 2 aromatic carbocycles. The Bertz CT molecular complexity index is 656. The quantitative estimate of drug-likeness (QED) is 0.844. The second-order valence-corrected chi connectivity index (χ2v) is 6.23. The van der Waals surface area contributed by atoms with E-state index in [4.69, 9.17) is 0 Å². The van der Waals surface area contributed by atoms with Crippen molar-refractivity contribution in [1.82, 2.24) is 10.2 Å². The van der Waals surface area contributed by atoms with Crippen LogP contribution in [0.15, 0.2) is 59.1 Å². The summed E-state index contributed by atoms with van der Waals surface area (Å²) >= 11 is 3.38. The summed E-state index contributed by atoms with van der Waals surface area (Å²) in [6.45, 7) is 0.527. The largest absolute Gasteiger partial charge is 0.347 e. The van der Waals surface area contributed by atoms with Gasteiger partial charge < -0.3 is 10.2 Å². The summed E-state index contributed by atoms with van der Waals surface area (Å²) in [4.78, 5) is 25.5. The SMILES string of the molecule is CN(Cc1ccc(Br)cc1)C(=O)CNC(=O)Cc1ccccc1. The molecule has 0 radical (unpaired) electrons. The van der Waals surface area contributed by atoms with E-state index >= 15 is 0 Å². The van der Waals surface area contributed by atoms with E-state index in [1.165, 1.54) is 0 Å². The molecule has 5 heteroatoms. The van der Waals surface area contributed by atoms with Gasteiger partial charge in [-0.1, -0.05) is 58.4 Å². The fraction of sp³-hybridized carbons (Fsp3) is 0.222. The van der Waals surface area contributed by atoms with Crippen molar-refractivity contribution in [1.29, 1.82) is 0 Å². The van der Waals surface area contributed by atoms with Crippen molar-refractivity contribution in [3.05, 3.63) is 70.2 Å². The summed E-state index contributed by atoms with van der Waals surface area (Å²) in [6, 6.07) is 17.3. The van der Waals surface area contributed by atoms with Gasteiger partial charge in [-0.25, -0.2) is 0 Å². The van der Waals surface area contributed by atoms with Crippen LogP contribution in [0.25, 0.3) is 0 Å². The van der Waals surface area contributed by atoms with Crippen molar-refractivity contribution in [2.75, 3.05) is 13.6 Å². The molecule has 0 bridgehead atoms. The summed E-state index contributed by atoms with van der Waals surface area (Å²) in [6.07, 6.45) is 0.282. The summed E-state index contributed by atoms with van der Waals surface area (Å²) in [7, 11) is 1.73. The minimum atomic E-state index is -0.151. The van der Waals surface area contributed by atoms with E-state index in [-0.39, 0.29) is 24.8 Å². The molecule has 0 unspecified atom stereocenters. The highest BCUT2D eigenvalue weighted by atomic mass is 79.9.